The van der Waals surface area contributed by atoms with E-state index in [-0.39, 0.29) is 11.9 Å². The van der Waals surface area contributed by atoms with Gasteiger partial charge in [0.15, 0.2) is 0 Å². The Hall–Kier alpha value is -0.930. The van der Waals surface area contributed by atoms with Gasteiger partial charge in [-0.3, -0.25) is 0 Å². The molecule has 3 heteroatoms. The van der Waals surface area contributed by atoms with Gasteiger partial charge in [0.05, 0.1) is 12.7 Å². The van der Waals surface area contributed by atoms with E-state index in [1.165, 1.54) is 6.07 Å². The maximum Gasteiger partial charge on any atom is 0.126 e. The van der Waals surface area contributed by atoms with Crippen molar-refractivity contribution in [3.05, 3.63) is 35.1 Å². The van der Waals surface area contributed by atoms with Crippen LogP contribution in [0, 0.1) is 5.82 Å². The summed E-state index contributed by atoms with van der Waals surface area (Å²) in [7, 11) is 0. The number of fused-ring (bicyclic) bond motifs is 1. The highest BCUT2D eigenvalue weighted by atomic mass is 19.1. The Labute approximate surface area is 95.8 Å². The third-order valence-electron chi connectivity index (χ3n) is 2.93. The van der Waals surface area contributed by atoms with Crippen LogP contribution in [0.25, 0.3) is 0 Å². The lowest BCUT2D eigenvalue weighted by Crippen LogP contribution is -2.28. The van der Waals surface area contributed by atoms with Crippen LogP contribution in [0.15, 0.2) is 18.2 Å². The molecular formula is C13H18FNO. The zero-order valence-electron chi connectivity index (χ0n) is 9.63. The molecule has 0 unspecified atom stereocenters. The highest BCUT2D eigenvalue weighted by Crippen LogP contribution is 2.28. The van der Waals surface area contributed by atoms with Crippen LogP contribution < -0.4 is 5.32 Å². The topological polar surface area (TPSA) is 21.3 Å². The van der Waals surface area contributed by atoms with Crippen LogP contribution in [-0.2, 0) is 11.2 Å². The van der Waals surface area contributed by atoms with E-state index in [9.17, 15) is 4.39 Å². The standard InChI is InChI=1S/C13H18FNO/c1-2-7-15-9-13-11-4-3-5-12(14)10(11)6-8-16-13/h3-5,13,15H,2,6-9H2,1H3/t13-/m1/s1. The third-order valence-corrected chi connectivity index (χ3v) is 2.93. The second kappa shape index (κ2) is 5.41. The van der Waals surface area contributed by atoms with Crippen molar-refractivity contribution in [2.75, 3.05) is 19.7 Å². The lowest BCUT2D eigenvalue weighted by molar-refractivity contribution is 0.0416. The maximum absolute atomic E-state index is 13.6. The number of hydrogen-bond donors (Lipinski definition) is 1. The Kier molecular flexibility index (Phi) is 3.91. The Bertz CT molecular complexity index is 354. The van der Waals surface area contributed by atoms with Gasteiger partial charge in [-0.2, -0.15) is 0 Å². The van der Waals surface area contributed by atoms with Crippen LogP contribution in [0.5, 0.6) is 0 Å². The summed E-state index contributed by atoms with van der Waals surface area (Å²) in [4.78, 5) is 0. The van der Waals surface area contributed by atoms with E-state index in [1.807, 2.05) is 6.07 Å². The summed E-state index contributed by atoms with van der Waals surface area (Å²) in [5.74, 6) is -0.0960. The van der Waals surface area contributed by atoms with Gasteiger partial charge in [0, 0.05) is 6.54 Å². The Morgan fingerprint density at radius 1 is 1.50 bits per heavy atom. The molecule has 2 rings (SSSR count). The van der Waals surface area contributed by atoms with Crippen molar-refractivity contribution in [2.24, 2.45) is 0 Å². The van der Waals surface area contributed by atoms with E-state index in [1.54, 1.807) is 6.07 Å². The normalized spacial score (nSPS) is 19.5. The van der Waals surface area contributed by atoms with Gasteiger partial charge in [0.25, 0.3) is 0 Å². The van der Waals surface area contributed by atoms with E-state index in [2.05, 4.69) is 12.2 Å². The van der Waals surface area contributed by atoms with Crippen molar-refractivity contribution in [3.63, 3.8) is 0 Å². The molecule has 2 nitrogen and oxygen atoms in total. The summed E-state index contributed by atoms with van der Waals surface area (Å²) < 4.78 is 19.2. The summed E-state index contributed by atoms with van der Waals surface area (Å²) in [6.45, 7) is 4.49. The van der Waals surface area contributed by atoms with Crippen LogP contribution in [-0.4, -0.2) is 19.7 Å². The minimum atomic E-state index is -0.0960. The zero-order chi connectivity index (χ0) is 11.4. The molecule has 88 valence electrons. The zero-order valence-corrected chi connectivity index (χ0v) is 9.63. The molecule has 1 aromatic rings. The summed E-state index contributed by atoms with van der Waals surface area (Å²) >= 11 is 0. The monoisotopic (exact) mass is 223 g/mol. The van der Waals surface area contributed by atoms with Gasteiger partial charge in [0.2, 0.25) is 0 Å². The molecule has 0 amide bonds. The quantitative estimate of drug-likeness (QED) is 0.792. The predicted octanol–water partition coefficient (Wildman–Crippen LogP) is 2.44. The molecule has 0 fully saturated rings. The minimum absolute atomic E-state index is 0.00556. The molecule has 0 spiro atoms. The Balaban J connectivity index is 2.10. The number of benzene rings is 1. The molecule has 16 heavy (non-hydrogen) atoms. The molecular weight excluding hydrogens is 205 g/mol. The van der Waals surface area contributed by atoms with E-state index < -0.39 is 0 Å². The largest absolute Gasteiger partial charge is 0.372 e. The molecule has 1 heterocycles. The average molecular weight is 223 g/mol. The smallest absolute Gasteiger partial charge is 0.126 e. The van der Waals surface area contributed by atoms with Crippen molar-refractivity contribution in [3.8, 4) is 0 Å². The number of hydrogen-bond acceptors (Lipinski definition) is 2. The van der Waals surface area contributed by atoms with Gasteiger partial charge in [-0.05, 0) is 36.6 Å². The molecule has 1 atom stereocenters. The van der Waals surface area contributed by atoms with E-state index in [0.717, 1.165) is 30.6 Å². The Morgan fingerprint density at radius 2 is 2.38 bits per heavy atom. The second-order valence-electron chi connectivity index (χ2n) is 4.12. The predicted molar refractivity (Wildman–Crippen MR) is 62.0 cm³/mol. The Morgan fingerprint density at radius 3 is 3.19 bits per heavy atom. The summed E-state index contributed by atoms with van der Waals surface area (Å²) in [5.41, 5.74) is 1.84. The van der Waals surface area contributed by atoms with Crippen molar-refractivity contribution >= 4 is 0 Å². The van der Waals surface area contributed by atoms with E-state index in [0.29, 0.717) is 13.0 Å². The van der Waals surface area contributed by atoms with Crippen molar-refractivity contribution in [1.29, 1.82) is 0 Å². The fraction of sp³-hybridized carbons (Fsp3) is 0.538. The fourth-order valence-electron chi connectivity index (χ4n) is 2.11. The molecule has 0 saturated carbocycles. The number of halogens is 1. The second-order valence-corrected chi connectivity index (χ2v) is 4.12. The number of ether oxygens (including phenoxy) is 1. The van der Waals surface area contributed by atoms with E-state index >= 15 is 0 Å². The maximum atomic E-state index is 13.6. The molecule has 0 bridgehead atoms. The third kappa shape index (κ3) is 2.42. The molecule has 0 saturated heterocycles. The van der Waals surface area contributed by atoms with E-state index in [4.69, 9.17) is 4.74 Å². The summed E-state index contributed by atoms with van der Waals surface area (Å²) in [6.07, 6.45) is 1.79. The van der Waals surface area contributed by atoms with Crippen LogP contribution in [0.2, 0.25) is 0 Å². The first-order valence-electron chi connectivity index (χ1n) is 5.92. The molecule has 1 aromatic carbocycles. The molecule has 1 N–H and O–H groups in total. The van der Waals surface area contributed by atoms with Crippen LogP contribution in [0.1, 0.15) is 30.6 Å². The molecule has 1 aliphatic rings. The van der Waals surface area contributed by atoms with Crippen LogP contribution >= 0.6 is 0 Å². The first-order chi connectivity index (χ1) is 7.83. The lowest BCUT2D eigenvalue weighted by Gasteiger charge is -2.26. The molecule has 0 aromatic heterocycles. The molecule has 0 radical (unpaired) electrons. The molecule has 0 aliphatic carbocycles. The van der Waals surface area contributed by atoms with Gasteiger partial charge in [0.1, 0.15) is 5.82 Å². The first kappa shape index (κ1) is 11.6. The minimum Gasteiger partial charge on any atom is -0.372 e. The summed E-state index contributed by atoms with van der Waals surface area (Å²) in [5, 5.41) is 3.32. The fourth-order valence-corrected chi connectivity index (χ4v) is 2.11. The van der Waals surface area contributed by atoms with Crippen molar-refractivity contribution in [1.82, 2.24) is 5.32 Å². The van der Waals surface area contributed by atoms with Crippen LogP contribution in [0.4, 0.5) is 4.39 Å². The van der Waals surface area contributed by atoms with Gasteiger partial charge in [-0.15, -0.1) is 0 Å². The lowest BCUT2D eigenvalue weighted by atomic mass is 9.97. The summed E-state index contributed by atoms with van der Waals surface area (Å²) in [6, 6.07) is 5.26. The highest BCUT2D eigenvalue weighted by Gasteiger charge is 2.22. The van der Waals surface area contributed by atoms with Gasteiger partial charge in [-0.25, -0.2) is 4.39 Å². The first-order valence-corrected chi connectivity index (χ1v) is 5.92. The number of rotatable bonds is 4. The number of nitrogens with one attached hydrogen (secondary N) is 1. The highest BCUT2D eigenvalue weighted by molar-refractivity contribution is 5.32. The molecule has 1 aliphatic heterocycles. The average Bonchev–Trinajstić information content (AvgIpc) is 2.31. The van der Waals surface area contributed by atoms with Gasteiger partial charge < -0.3 is 10.1 Å². The van der Waals surface area contributed by atoms with Crippen molar-refractivity contribution in [2.45, 2.75) is 25.9 Å². The SMILES string of the molecule is CCCNC[C@H]1OCCc2c(F)cccc21. The van der Waals surface area contributed by atoms with Crippen molar-refractivity contribution < 1.29 is 9.13 Å². The van der Waals surface area contributed by atoms with Crippen LogP contribution in [0.3, 0.4) is 0 Å². The van der Waals surface area contributed by atoms with Gasteiger partial charge in [-0.1, -0.05) is 19.1 Å². The van der Waals surface area contributed by atoms with Gasteiger partial charge >= 0.3 is 0 Å².